The molecular weight excluding hydrogens is 231 g/mol. The SMILES string of the molecule is COC(=O)c1sc(CC(F)(F)F)cc1N. The number of rotatable bonds is 2. The number of thiophene rings is 1. The van der Waals surface area contributed by atoms with Crippen molar-refractivity contribution in [3.63, 3.8) is 0 Å². The smallest absolute Gasteiger partial charge is 0.393 e. The van der Waals surface area contributed by atoms with Crippen LogP contribution in [-0.2, 0) is 11.2 Å². The molecule has 7 heteroatoms. The van der Waals surface area contributed by atoms with E-state index in [4.69, 9.17) is 5.73 Å². The molecule has 84 valence electrons. The Morgan fingerprint density at radius 2 is 2.20 bits per heavy atom. The van der Waals surface area contributed by atoms with Crippen LogP contribution in [0.1, 0.15) is 14.5 Å². The first-order valence-electron chi connectivity index (χ1n) is 3.86. The number of carbonyl (C=O) groups is 1. The third-order valence-corrected chi connectivity index (χ3v) is 2.69. The van der Waals surface area contributed by atoms with Gasteiger partial charge in [0.15, 0.2) is 0 Å². The summed E-state index contributed by atoms with van der Waals surface area (Å²) in [4.78, 5) is 11.1. The summed E-state index contributed by atoms with van der Waals surface area (Å²) in [7, 11) is 1.14. The molecule has 0 aliphatic heterocycles. The third kappa shape index (κ3) is 3.12. The van der Waals surface area contributed by atoms with Gasteiger partial charge in [-0.25, -0.2) is 4.79 Å². The predicted molar refractivity (Wildman–Crippen MR) is 49.8 cm³/mol. The fraction of sp³-hybridized carbons (Fsp3) is 0.375. The molecule has 0 fully saturated rings. The Balaban J connectivity index is 2.91. The molecule has 0 amide bonds. The van der Waals surface area contributed by atoms with Crippen molar-refractivity contribution in [1.82, 2.24) is 0 Å². The summed E-state index contributed by atoms with van der Waals surface area (Å²) in [6.07, 6.45) is -5.39. The number of ether oxygens (including phenoxy) is 1. The number of halogens is 3. The predicted octanol–water partition coefficient (Wildman–Crippen LogP) is 2.22. The normalized spacial score (nSPS) is 11.5. The average Bonchev–Trinajstić information content (AvgIpc) is 2.42. The van der Waals surface area contributed by atoms with Gasteiger partial charge in [0, 0.05) is 4.88 Å². The molecule has 0 saturated carbocycles. The van der Waals surface area contributed by atoms with Gasteiger partial charge >= 0.3 is 12.1 Å². The summed E-state index contributed by atoms with van der Waals surface area (Å²) in [5.74, 6) is -0.717. The van der Waals surface area contributed by atoms with Crippen molar-refractivity contribution >= 4 is 23.0 Å². The van der Waals surface area contributed by atoms with E-state index in [1.165, 1.54) is 0 Å². The van der Waals surface area contributed by atoms with E-state index in [2.05, 4.69) is 4.74 Å². The molecule has 1 rings (SSSR count). The zero-order valence-electron chi connectivity index (χ0n) is 7.72. The highest BCUT2D eigenvalue weighted by Gasteiger charge is 2.29. The molecule has 0 bridgehead atoms. The maximum absolute atomic E-state index is 12.0. The second kappa shape index (κ2) is 4.09. The number of esters is 1. The standard InChI is InChI=1S/C8H8F3NO2S/c1-14-7(13)6-5(12)2-4(15-6)3-8(9,10)11/h2H,3,12H2,1H3. The van der Waals surface area contributed by atoms with Crippen molar-refractivity contribution in [1.29, 1.82) is 0 Å². The highest BCUT2D eigenvalue weighted by Crippen LogP contribution is 2.30. The van der Waals surface area contributed by atoms with Crippen LogP contribution in [0.2, 0.25) is 0 Å². The highest BCUT2D eigenvalue weighted by molar-refractivity contribution is 7.14. The van der Waals surface area contributed by atoms with E-state index in [1.54, 1.807) is 0 Å². The quantitative estimate of drug-likeness (QED) is 0.805. The summed E-state index contributed by atoms with van der Waals surface area (Å²) in [5.41, 5.74) is 5.40. The van der Waals surface area contributed by atoms with Crippen LogP contribution in [-0.4, -0.2) is 19.3 Å². The number of carbonyl (C=O) groups excluding carboxylic acids is 1. The summed E-state index contributed by atoms with van der Waals surface area (Å²) >= 11 is 0.700. The summed E-state index contributed by atoms with van der Waals surface area (Å²) in [5, 5.41) is 0. The van der Waals surface area contributed by atoms with Crippen molar-refractivity contribution in [3.05, 3.63) is 15.8 Å². The molecule has 0 spiro atoms. The minimum atomic E-state index is -4.30. The Labute approximate surface area is 87.6 Å². The maximum atomic E-state index is 12.0. The van der Waals surface area contributed by atoms with Crippen LogP contribution in [0.25, 0.3) is 0 Å². The fourth-order valence-electron chi connectivity index (χ4n) is 0.995. The average molecular weight is 239 g/mol. The first kappa shape index (κ1) is 11.8. The molecule has 0 radical (unpaired) electrons. The van der Waals surface area contributed by atoms with Crippen molar-refractivity contribution in [2.24, 2.45) is 0 Å². The van der Waals surface area contributed by atoms with Crippen LogP contribution < -0.4 is 5.73 Å². The van der Waals surface area contributed by atoms with Crippen molar-refractivity contribution in [2.75, 3.05) is 12.8 Å². The molecule has 0 aromatic carbocycles. The monoisotopic (exact) mass is 239 g/mol. The topological polar surface area (TPSA) is 52.3 Å². The lowest BCUT2D eigenvalue weighted by Crippen LogP contribution is -2.10. The number of alkyl halides is 3. The largest absolute Gasteiger partial charge is 0.465 e. The van der Waals surface area contributed by atoms with E-state index in [1.807, 2.05) is 0 Å². The summed E-state index contributed by atoms with van der Waals surface area (Å²) in [6.45, 7) is 0. The van der Waals surface area contributed by atoms with E-state index in [-0.39, 0.29) is 15.4 Å². The molecule has 0 aliphatic rings. The lowest BCUT2D eigenvalue weighted by Gasteiger charge is -2.02. The molecule has 15 heavy (non-hydrogen) atoms. The minimum absolute atomic E-state index is 0.000370. The lowest BCUT2D eigenvalue weighted by molar-refractivity contribution is -0.126. The van der Waals surface area contributed by atoms with Gasteiger partial charge in [0.1, 0.15) is 4.88 Å². The van der Waals surface area contributed by atoms with Crippen LogP contribution in [0.3, 0.4) is 0 Å². The van der Waals surface area contributed by atoms with Crippen molar-refractivity contribution in [2.45, 2.75) is 12.6 Å². The molecule has 1 heterocycles. The Bertz CT molecular complexity index is 372. The third-order valence-electron chi connectivity index (χ3n) is 1.56. The number of methoxy groups -OCH3 is 1. The lowest BCUT2D eigenvalue weighted by atomic mass is 10.3. The molecule has 0 aliphatic carbocycles. The number of nitrogens with two attached hydrogens (primary N) is 1. The summed E-state index contributed by atoms with van der Waals surface area (Å²) in [6, 6.07) is 1.14. The van der Waals surface area contributed by atoms with Crippen LogP contribution in [0.15, 0.2) is 6.07 Å². The Kier molecular flexibility index (Phi) is 3.23. The Morgan fingerprint density at radius 3 is 2.67 bits per heavy atom. The van der Waals surface area contributed by atoms with Gasteiger partial charge in [0.25, 0.3) is 0 Å². The molecular formula is C8H8F3NO2S. The maximum Gasteiger partial charge on any atom is 0.393 e. The van der Waals surface area contributed by atoms with Gasteiger partial charge < -0.3 is 10.5 Å². The second-order valence-corrected chi connectivity index (χ2v) is 3.92. The highest BCUT2D eigenvalue weighted by atomic mass is 32.1. The number of anilines is 1. The minimum Gasteiger partial charge on any atom is -0.465 e. The zero-order chi connectivity index (χ0) is 11.6. The molecule has 0 atom stereocenters. The van der Waals surface area contributed by atoms with E-state index < -0.39 is 18.6 Å². The first-order chi connectivity index (χ1) is 6.83. The van der Waals surface area contributed by atoms with E-state index in [9.17, 15) is 18.0 Å². The first-order valence-corrected chi connectivity index (χ1v) is 4.68. The Hall–Kier alpha value is -1.24. The van der Waals surface area contributed by atoms with E-state index in [0.29, 0.717) is 11.3 Å². The van der Waals surface area contributed by atoms with Gasteiger partial charge in [0.2, 0.25) is 0 Å². The van der Waals surface area contributed by atoms with Gasteiger partial charge in [-0.15, -0.1) is 11.3 Å². The van der Waals surface area contributed by atoms with E-state index >= 15 is 0 Å². The fourth-order valence-corrected chi connectivity index (χ4v) is 2.02. The van der Waals surface area contributed by atoms with Crippen molar-refractivity contribution in [3.8, 4) is 0 Å². The number of hydrogen-bond acceptors (Lipinski definition) is 4. The number of hydrogen-bond donors (Lipinski definition) is 1. The van der Waals surface area contributed by atoms with Gasteiger partial charge in [-0.1, -0.05) is 0 Å². The molecule has 0 saturated heterocycles. The van der Waals surface area contributed by atoms with Crippen LogP contribution in [0.5, 0.6) is 0 Å². The summed E-state index contributed by atoms with van der Waals surface area (Å²) < 4.78 is 40.4. The molecule has 0 unspecified atom stereocenters. The van der Waals surface area contributed by atoms with Crippen LogP contribution >= 0.6 is 11.3 Å². The van der Waals surface area contributed by atoms with Gasteiger partial charge in [-0.3, -0.25) is 0 Å². The van der Waals surface area contributed by atoms with Crippen LogP contribution in [0, 0.1) is 0 Å². The molecule has 1 aromatic rings. The molecule has 2 N–H and O–H groups in total. The second-order valence-electron chi connectivity index (χ2n) is 2.78. The van der Waals surface area contributed by atoms with Crippen LogP contribution in [0.4, 0.5) is 18.9 Å². The Morgan fingerprint density at radius 1 is 1.60 bits per heavy atom. The van der Waals surface area contributed by atoms with Gasteiger partial charge in [-0.05, 0) is 6.07 Å². The van der Waals surface area contributed by atoms with E-state index in [0.717, 1.165) is 13.2 Å². The van der Waals surface area contributed by atoms with Gasteiger partial charge in [-0.2, -0.15) is 13.2 Å². The van der Waals surface area contributed by atoms with Gasteiger partial charge in [0.05, 0.1) is 19.2 Å². The zero-order valence-corrected chi connectivity index (χ0v) is 8.54. The molecule has 1 aromatic heterocycles. The molecule has 3 nitrogen and oxygen atoms in total. The van der Waals surface area contributed by atoms with Crippen molar-refractivity contribution < 1.29 is 22.7 Å². The number of nitrogen functional groups attached to an aromatic ring is 1.